The molecule has 54 heavy (non-hydrogen) atoms. The Balaban J connectivity index is 1.44. The van der Waals surface area contributed by atoms with Crippen LogP contribution in [0.5, 0.6) is 0 Å². The highest BCUT2D eigenvalue weighted by atomic mass is 16.6. The number of hydrogen-bond acceptors (Lipinski definition) is 13. The van der Waals surface area contributed by atoms with Gasteiger partial charge in [-0.25, -0.2) is 4.79 Å². The molecule has 0 spiro atoms. The summed E-state index contributed by atoms with van der Waals surface area (Å²) >= 11 is 0. The zero-order valence-electron chi connectivity index (χ0n) is 31.0. The largest absolute Gasteiger partial charge is 0.456 e. The van der Waals surface area contributed by atoms with Gasteiger partial charge in [-0.1, -0.05) is 62.4 Å². The Hall–Kier alpha value is -4.47. The third-order valence-corrected chi connectivity index (χ3v) is 12.3. The molecule has 5 N–H and O–H groups in total. The van der Waals surface area contributed by atoms with Gasteiger partial charge in [-0.3, -0.25) is 19.2 Å². The number of Topliss-reactive ketones (excluding diaryl/α,β-unsaturated/α-hetero) is 1. The second-order valence-electron chi connectivity index (χ2n) is 15.6. The Labute approximate surface area is 312 Å². The molecule has 14 heteroatoms. The van der Waals surface area contributed by atoms with E-state index in [9.17, 15) is 44.4 Å². The fourth-order valence-electron chi connectivity index (χ4n) is 9.30. The molecule has 3 aliphatic carbocycles. The maximum Gasteiger partial charge on any atom is 0.338 e. The average Bonchev–Trinajstić information content (AvgIpc) is 3.12. The highest BCUT2D eigenvalue weighted by Crippen LogP contribution is 2.63. The van der Waals surface area contributed by atoms with Gasteiger partial charge in [0.1, 0.15) is 17.8 Å². The maximum absolute atomic E-state index is 15.0. The number of benzene rings is 2. The predicted octanol–water partition coefficient (Wildman–Crippen LogP) is 1.87. The van der Waals surface area contributed by atoms with Gasteiger partial charge < -0.3 is 44.7 Å². The molecule has 2 saturated carbocycles. The van der Waals surface area contributed by atoms with Crippen molar-refractivity contribution in [2.24, 2.45) is 16.7 Å². The van der Waals surface area contributed by atoms with E-state index in [4.69, 9.17) is 18.9 Å². The number of fused-ring (bicyclic) bond motifs is 5. The van der Waals surface area contributed by atoms with Crippen LogP contribution in [0, 0.1) is 16.7 Å². The molecule has 2 aromatic rings. The second-order valence-corrected chi connectivity index (χ2v) is 15.6. The van der Waals surface area contributed by atoms with E-state index in [1.165, 1.54) is 13.8 Å². The number of rotatable bonds is 8. The van der Waals surface area contributed by atoms with Crippen LogP contribution in [-0.2, 0) is 38.1 Å². The van der Waals surface area contributed by atoms with Crippen LogP contribution in [-0.4, -0.2) is 104 Å². The molecule has 1 amide bonds. The molecule has 2 aromatic carbocycles. The molecule has 1 aliphatic heterocycles. The van der Waals surface area contributed by atoms with Gasteiger partial charge in [-0.2, -0.15) is 0 Å². The van der Waals surface area contributed by atoms with E-state index in [0.717, 1.165) is 13.8 Å². The van der Waals surface area contributed by atoms with E-state index >= 15 is 0 Å². The van der Waals surface area contributed by atoms with Crippen LogP contribution >= 0.6 is 0 Å². The van der Waals surface area contributed by atoms with Crippen molar-refractivity contribution in [1.82, 2.24) is 5.32 Å². The number of hydrogen-bond donors (Lipinski definition) is 5. The standard InChI is InChI=1S/C40H47NO13/c1-20-25(53-36(49)30(45)29(23-13-9-7-10-14-23)41-35(48)24-15-11-8-12-16-24)18-40(50)34(47)32-38(6,26(44)17-27-39(32,19-51-27)54-22(3)43)33(46)31(52-21(2)42)28(20)37(40,4)5/h7-16,25-27,29-32,34,44-45,47,50H,17-19H2,1-6H3,(H,41,48)/t25-,26?,27?,29-,30+,31?,32-,34-,38?,39?,40?/m0/s1. The lowest BCUT2D eigenvalue weighted by atomic mass is 9.44. The van der Waals surface area contributed by atoms with E-state index in [1.807, 2.05) is 0 Å². The van der Waals surface area contributed by atoms with Crippen LogP contribution in [0.1, 0.15) is 76.3 Å². The number of amides is 1. The van der Waals surface area contributed by atoms with E-state index in [2.05, 4.69) is 5.32 Å². The molecule has 14 nitrogen and oxygen atoms in total. The molecule has 3 fully saturated rings. The van der Waals surface area contributed by atoms with Crippen LogP contribution in [0.2, 0.25) is 0 Å². The number of carbonyl (C=O) groups is 5. The highest BCUT2D eigenvalue weighted by Gasteiger charge is 2.77. The zero-order chi connectivity index (χ0) is 39.5. The fraction of sp³-hybridized carbons (Fsp3) is 0.525. The summed E-state index contributed by atoms with van der Waals surface area (Å²) in [5.74, 6) is -5.71. The molecule has 1 saturated heterocycles. The fourth-order valence-corrected chi connectivity index (χ4v) is 9.30. The molecule has 4 aliphatic rings. The number of aliphatic hydroxyl groups excluding tert-OH is 3. The van der Waals surface area contributed by atoms with Crippen LogP contribution in [0.4, 0.5) is 0 Å². The van der Waals surface area contributed by atoms with Gasteiger partial charge in [0.2, 0.25) is 0 Å². The normalized spacial score (nSPS) is 35.0. The number of carbonyl (C=O) groups excluding carboxylic acids is 5. The summed E-state index contributed by atoms with van der Waals surface area (Å²) in [5, 5.41) is 51.4. The van der Waals surface area contributed by atoms with Crippen LogP contribution in [0.3, 0.4) is 0 Å². The summed E-state index contributed by atoms with van der Waals surface area (Å²) < 4.78 is 23.2. The molecule has 290 valence electrons. The van der Waals surface area contributed by atoms with Gasteiger partial charge in [0.15, 0.2) is 23.6 Å². The van der Waals surface area contributed by atoms with Gasteiger partial charge in [-0.05, 0) is 42.7 Å². The average molecular weight is 750 g/mol. The third kappa shape index (κ3) is 6.04. The number of nitrogens with one attached hydrogen (secondary N) is 1. The summed E-state index contributed by atoms with van der Waals surface area (Å²) in [6, 6.07) is 15.2. The van der Waals surface area contributed by atoms with Gasteiger partial charge in [0.25, 0.3) is 5.91 Å². The maximum atomic E-state index is 15.0. The van der Waals surface area contributed by atoms with Crippen molar-refractivity contribution in [2.75, 3.05) is 6.61 Å². The lowest BCUT2D eigenvalue weighted by Gasteiger charge is -2.67. The van der Waals surface area contributed by atoms with E-state index in [1.54, 1.807) is 74.5 Å². The van der Waals surface area contributed by atoms with Gasteiger partial charge in [-0.15, -0.1) is 0 Å². The topological polar surface area (TPSA) is 215 Å². The Bertz CT molecular complexity index is 1860. The lowest BCUT2D eigenvalue weighted by molar-refractivity contribution is -0.346. The summed E-state index contributed by atoms with van der Waals surface area (Å²) in [5.41, 5.74) is -6.62. The van der Waals surface area contributed by atoms with Crippen LogP contribution in [0.25, 0.3) is 0 Å². The lowest BCUT2D eigenvalue weighted by Crippen LogP contribution is -2.81. The molecular weight excluding hydrogens is 702 g/mol. The Morgan fingerprint density at radius 1 is 0.926 bits per heavy atom. The first-order valence-corrected chi connectivity index (χ1v) is 17.9. The Morgan fingerprint density at radius 2 is 1.54 bits per heavy atom. The minimum absolute atomic E-state index is 0.0279. The van der Waals surface area contributed by atoms with E-state index in [0.29, 0.717) is 5.56 Å². The van der Waals surface area contributed by atoms with Crippen molar-refractivity contribution in [3.63, 3.8) is 0 Å². The molecule has 11 atom stereocenters. The smallest absolute Gasteiger partial charge is 0.338 e. The van der Waals surface area contributed by atoms with Gasteiger partial charge in [0, 0.05) is 43.6 Å². The third-order valence-electron chi connectivity index (χ3n) is 12.3. The predicted molar refractivity (Wildman–Crippen MR) is 188 cm³/mol. The molecular formula is C40H47NO13. The second kappa shape index (κ2) is 14.0. The van der Waals surface area contributed by atoms with Crippen molar-refractivity contribution in [3.05, 3.63) is 82.9 Å². The van der Waals surface area contributed by atoms with E-state index in [-0.39, 0.29) is 29.7 Å². The first kappa shape index (κ1) is 39.2. The minimum Gasteiger partial charge on any atom is -0.456 e. The van der Waals surface area contributed by atoms with Crippen molar-refractivity contribution >= 4 is 29.6 Å². The summed E-state index contributed by atoms with van der Waals surface area (Å²) in [4.78, 5) is 67.4. The van der Waals surface area contributed by atoms with Crippen LogP contribution in [0.15, 0.2) is 71.8 Å². The summed E-state index contributed by atoms with van der Waals surface area (Å²) in [7, 11) is 0. The SMILES string of the molecule is CC(=O)OC1C(=O)C2(C)C(O)CC3OCC3(OC(C)=O)[C@H]2[C@H](O)C2(O)C[C@H](OC(=O)[C@H](O)[C@@H](NC(=O)c3ccccc3)c3ccccc3)C(C)=C1C2(C)C. The first-order valence-electron chi connectivity index (χ1n) is 17.9. The molecule has 2 bridgehead atoms. The van der Waals surface area contributed by atoms with Crippen molar-refractivity contribution < 1.29 is 63.3 Å². The zero-order valence-corrected chi connectivity index (χ0v) is 31.0. The number of esters is 3. The summed E-state index contributed by atoms with van der Waals surface area (Å²) in [6.45, 7) is 7.99. The monoisotopic (exact) mass is 749 g/mol. The van der Waals surface area contributed by atoms with E-state index < -0.39 is 107 Å². The molecule has 0 aromatic heterocycles. The molecule has 1 heterocycles. The Morgan fingerprint density at radius 3 is 2.09 bits per heavy atom. The van der Waals surface area contributed by atoms with Crippen molar-refractivity contribution in [1.29, 1.82) is 0 Å². The first-order chi connectivity index (χ1) is 25.3. The van der Waals surface area contributed by atoms with Crippen molar-refractivity contribution in [3.8, 4) is 0 Å². The molecule has 6 unspecified atom stereocenters. The molecule has 0 radical (unpaired) electrons. The number of aliphatic hydroxyl groups is 4. The van der Waals surface area contributed by atoms with Crippen molar-refractivity contribution in [2.45, 2.75) is 108 Å². The van der Waals surface area contributed by atoms with Crippen LogP contribution < -0.4 is 5.32 Å². The van der Waals surface area contributed by atoms with Gasteiger partial charge >= 0.3 is 17.9 Å². The number of ketones is 1. The highest BCUT2D eigenvalue weighted by molar-refractivity contribution is 5.96. The number of ether oxygens (including phenoxy) is 4. The quantitative estimate of drug-likeness (QED) is 0.148. The Kier molecular flexibility index (Phi) is 10.2. The molecule has 6 rings (SSSR count). The van der Waals surface area contributed by atoms with Gasteiger partial charge in [0.05, 0.1) is 30.3 Å². The minimum atomic E-state index is -2.31. The summed E-state index contributed by atoms with van der Waals surface area (Å²) in [6.07, 6.45) is -10.2.